The summed E-state index contributed by atoms with van der Waals surface area (Å²) in [5.41, 5.74) is 0. The van der Waals surface area contributed by atoms with Crippen molar-refractivity contribution in [2.24, 2.45) is 0 Å². The van der Waals surface area contributed by atoms with Crippen molar-refractivity contribution in [1.82, 2.24) is 10.2 Å². The summed E-state index contributed by atoms with van der Waals surface area (Å²) in [5.74, 6) is 0.118. The van der Waals surface area contributed by atoms with Crippen LogP contribution in [0.2, 0.25) is 0 Å². The summed E-state index contributed by atoms with van der Waals surface area (Å²) < 4.78 is 0. The summed E-state index contributed by atoms with van der Waals surface area (Å²) in [6.07, 6.45) is 2.41. The molecule has 1 aliphatic heterocycles. The lowest BCUT2D eigenvalue weighted by molar-refractivity contribution is -0.131. The average molecular weight is 181 g/mol. The van der Waals surface area contributed by atoms with Crippen molar-refractivity contribution in [2.75, 3.05) is 20.1 Å². The predicted molar refractivity (Wildman–Crippen MR) is 48.9 cm³/mol. The molecule has 4 nitrogen and oxygen atoms in total. The van der Waals surface area contributed by atoms with Gasteiger partial charge in [0.15, 0.2) is 0 Å². The third kappa shape index (κ3) is 2.71. The molecule has 0 aromatic rings. The van der Waals surface area contributed by atoms with Crippen LogP contribution in [-0.2, 0) is 4.79 Å². The zero-order valence-corrected chi connectivity index (χ0v) is 7.92. The first-order valence-electron chi connectivity index (χ1n) is 4.61. The van der Waals surface area contributed by atoms with Crippen molar-refractivity contribution in [3.8, 4) is 6.07 Å². The van der Waals surface area contributed by atoms with Gasteiger partial charge < -0.3 is 10.2 Å². The van der Waals surface area contributed by atoms with Crippen molar-refractivity contribution < 1.29 is 4.79 Å². The minimum atomic E-state index is -0.0105. The van der Waals surface area contributed by atoms with E-state index >= 15 is 0 Å². The van der Waals surface area contributed by atoms with Crippen LogP contribution in [0.3, 0.4) is 0 Å². The third-order valence-corrected chi connectivity index (χ3v) is 2.29. The molecule has 1 fully saturated rings. The van der Waals surface area contributed by atoms with Crippen molar-refractivity contribution in [3.05, 3.63) is 0 Å². The summed E-state index contributed by atoms with van der Waals surface area (Å²) in [6.45, 7) is 1.47. The maximum Gasteiger partial charge on any atom is 0.239 e. The number of amides is 1. The summed E-state index contributed by atoms with van der Waals surface area (Å²) in [4.78, 5) is 13.2. The molecule has 72 valence electrons. The molecule has 1 rings (SSSR count). The maximum absolute atomic E-state index is 11.6. The van der Waals surface area contributed by atoms with Crippen LogP contribution in [0, 0.1) is 11.3 Å². The quantitative estimate of drug-likeness (QED) is 0.672. The van der Waals surface area contributed by atoms with E-state index in [0.717, 1.165) is 19.4 Å². The summed E-state index contributed by atoms with van der Waals surface area (Å²) in [5, 5.41) is 11.5. The Morgan fingerprint density at radius 2 is 2.54 bits per heavy atom. The summed E-state index contributed by atoms with van der Waals surface area (Å²) in [6, 6.07) is 2.02. The first-order chi connectivity index (χ1) is 6.25. The van der Waals surface area contributed by atoms with Gasteiger partial charge >= 0.3 is 0 Å². The Morgan fingerprint density at radius 1 is 1.77 bits per heavy atom. The van der Waals surface area contributed by atoms with Gasteiger partial charge in [0.2, 0.25) is 5.91 Å². The number of nitrogens with zero attached hydrogens (tertiary/aromatic N) is 2. The first-order valence-corrected chi connectivity index (χ1v) is 4.61. The van der Waals surface area contributed by atoms with Crippen LogP contribution in [0.25, 0.3) is 0 Å². The van der Waals surface area contributed by atoms with E-state index in [4.69, 9.17) is 5.26 Å². The van der Waals surface area contributed by atoms with E-state index in [0.29, 0.717) is 13.0 Å². The van der Waals surface area contributed by atoms with Crippen molar-refractivity contribution in [1.29, 1.82) is 5.26 Å². The fourth-order valence-electron chi connectivity index (χ4n) is 1.49. The minimum Gasteiger partial charge on any atom is -0.343 e. The molecule has 0 radical (unpaired) electrons. The van der Waals surface area contributed by atoms with Crippen molar-refractivity contribution in [3.63, 3.8) is 0 Å². The van der Waals surface area contributed by atoms with Gasteiger partial charge in [-0.15, -0.1) is 0 Å². The molecule has 1 aliphatic rings. The van der Waals surface area contributed by atoms with Crippen LogP contribution in [0.5, 0.6) is 0 Å². The standard InChI is InChI=1S/C9H15N3O/c1-12(7-3-5-10)9(13)8-4-2-6-11-8/h8,11H,2-4,6-7H2,1H3/t8-/m0/s1. The van der Waals surface area contributed by atoms with Crippen LogP contribution >= 0.6 is 0 Å². The Hall–Kier alpha value is -1.08. The molecular weight excluding hydrogens is 166 g/mol. The Balaban J connectivity index is 2.33. The molecule has 4 heteroatoms. The Kier molecular flexibility index (Phi) is 3.71. The zero-order valence-electron chi connectivity index (χ0n) is 7.92. The molecule has 1 N–H and O–H groups in total. The van der Waals surface area contributed by atoms with E-state index in [1.165, 1.54) is 0 Å². The highest BCUT2D eigenvalue weighted by atomic mass is 16.2. The molecule has 1 saturated heterocycles. The molecule has 0 saturated carbocycles. The second kappa shape index (κ2) is 4.83. The fraction of sp³-hybridized carbons (Fsp3) is 0.778. The van der Waals surface area contributed by atoms with Gasteiger partial charge in [-0.1, -0.05) is 0 Å². The highest BCUT2D eigenvalue weighted by molar-refractivity contribution is 5.81. The maximum atomic E-state index is 11.6. The van der Waals surface area contributed by atoms with Crippen LogP contribution in [0.15, 0.2) is 0 Å². The molecule has 1 heterocycles. The predicted octanol–water partition coefficient (Wildman–Crippen LogP) is 0.110. The largest absolute Gasteiger partial charge is 0.343 e. The van der Waals surface area contributed by atoms with Crippen molar-refractivity contribution >= 4 is 5.91 Å². The second-order valence-electron chi connectivity index (χ2n) is 3.32. The molecule has 0 bridgehead atoms. The lowest BCUT2D eigenvalue weighted by Crippen LogP contribution is -2.41. The van der Waals surface area contributed by atoms with E-state index in [9.17, 15) is 4.79 Å². The number of carbonyl (C=O) groups is 1. The fourth-order valence-corrected chi connectivity index (χ4v) is 1.49. The van der Waals surface area contributed by atoms with Gasteiger partial charge in [-0.3, -0.25) is 4.79 Å². The van der Waals surface area contributed by atoms with Crippen LogP contribution in [0.4, 0.5) is 0 Å². The molecule has 0 spiro atoms. The smallest absolute Gasteiger partial charge is 0.239 e. The number of hydrogen-bond donors (Lipinski definition) is 1. The molecule has 0 aliphatic carbocycles. The highest BCUT2D eigenvalue weighted by Crippen LogP contribution is 2.07. The van der Waals surface area contributed by atoms with E-state index < -0.39 is 0 Å². The van der Waals surface area contributed by atoms with Gasteiger partial charge in [0.1, 0.15) is 0 Å². The molecule has 0 aromatic heterocycles. The molecule has 1 atom stereocenters. The lowest BCUT2D eigenvalue weighted by atomic mass is 10.2. The van der Waals surface area contributed by atoms with Gasteiger partial charge in [0.25, 0.3) is 0 Å². The van der Waals surface area contributed by atoms with Crippen LogP contribution < -0.4 is 5.32 Å². The highest BCUT2D eigenvalue weighted by Gasteiger charge is 2.24. The molecule has 1 amide bonds. The Bertz CT molecular complexity index is 215. The monoisotopic (exact) mass is 181 g/mol. The van der Waals surface area contributed by atoms with Crippen molar-refractivity contribution in [2.45, 2.75) is 25.3 Å². The number of carbonyl (C=O) groups excluding carboxylic acids is 1. The number of nitrogens with one attached hydrogen (secondary N) is 1. The van der Waals surface area contributed by atoms with Crippen LogP contribution in [0.1, 0.15) is 19.3 Å². The third-order valence-electron chi connectivity index (χ3n) is 2.29. The molecule has 13 heavy (non-hydrogen) atoms. The van der Waals surface area contributed by atoms with Gasteiger partial charge in [0.05, 0.1) is 18.5 Å². The van der Waals surface area contributed by atoms with Gasteiger partial charge in [-0.05, 0) is 19.4 Å². The lowest BCUT2D eigenvalue weighted by Gasteiger charge is -2.19. The topological polar surface area (TPSA) is 56.1 Å². The summed E-state index contributed by atoms with van der Waals surface area (Å²) in [7, 11) is 1.75. The Labute approximate surface area is 78.5 Å². The molecule has 0 unspecified atom stereocenters. The first kappa shape index (κ1) is 10.0. The molecular formula is C9H15N3O. The SMILES string of the molecule is CN(CCC#N)C(=O)[C@@H]1CCCN1. The van der Waals surface area contributed by atoms with Crippen LogP contribution in [-0.4, -0.2) is 37.0 Å². The normalized spacial score (nSPS) is 21.1. The minimum absolute atomic E-state index is 0.0105. The van der Waals surface area contributed by atoms with Gasteiger partial charge in [0, 0.05) is 13.6 Å². The molecule has 0 aromatic carbocycles. The Morgan fingerprint density at radius 3 is 3.08 bits per heavy atom. The number of hydrogen-bond acceptors (Lipinski definition) is 3. The van der Waals surface area contributed by atoms with E-state index in [2.05, 4.69) is 5.32 Å². The van der Waals surface area contributed by atoms with E-state index in [1.807, 2.05) is 6.07 Å². The number of rotatable bonds is 3. The van der Waals surface area contributed by atoms with Gasteiger partial charge in [-0.25, -0.2) is 0 Å². The second-order valence-corrected chi connectivity index (χ2v) is 3.32. The van der Waals surface area contributed by atoms with E-state index in [1.54, 1.807) is 11.9 Å². The summed E-state index contributed by atoms with van der Waals surface area (Å²) >= 11 is 0. The number of nitriles is 1. The zero-order chi connectivity index (χ0) is 9.68. The number of likely N-dealkylation sites (N-methyl/N-ethyl adjacent to an activating group) is 1. The average Bonchev–Trinajstić information content (AvgIpc) is 2.65. The van der Waals surface area contributed by atoms with E-state index in [-0.39, 0.29) is 11.9 Å². The van der Waals surface area contributed by atoms with Gasteiger partial charge in [-0.2, -0.15) is 5.26 Å².